The fraction of sp³-hybridized carbons (Fsp3) is 0.280. The number of amides is 1. The Morgan fingerprint density at radius 3 is 2.64 bits per heavy atom. The minimum Gasteiger partial charge on any atom is -0.324 e. The Balaban J connectivity index is 1.55. The van der Waals surface area contributed by atoms with E-state index in [1.54, 1.807) is 13.0 Å². The number of hydrogen-bond acceptors (Lipinski definition) is 4. The SMILES string of the molecule is CC1(c2cccc(F)c2)NC(=O)c2c(Cl)cc(Cc3cc(/C=C(/C4CC4)C(F)(F)F)ncn3)c(=O)n21. The maximum atomic E-state index is 14.0. The van der Waals surface area contributed by atoms with Gasteiger partial charge >= 0.3 is 6.18 Å². The molecular formula is C25H19ClF4N4O2. The molecule has 186 valence electrons. The number of rotatable bonds is 5. The molecule has 5 rings (SSSR count). The van der Waals surface area contributed by atoms with Gasteiger partial charge in [-0.3, -0.25) is 14.2 Å². The van der Waals surface area contributed by atoms with Gasteiger partial charge in [0.15, 0.2) is 0 Å². The lowest BCUT2D eigenvalue weighted by Crippen LogP contribution is -2.46. The van der Waals surface area contributed by atoms with E-state index in [0.29, 0.717) is 24.1 Å². The van der Waals surface area contributed by atoms with Crippen molar-refractivity contribution in [3.8, 4) is 0 Å². The summed E-state index contributed by atoms with van der Waals surface area (Å²) in [5, 5.41) is 2.71. The quantitative estimate of drug-likeness (QED) is 0.490. The summed E-state index contributed by atoms with van der Waals surface area (Å²) in [6.07, 6.45) is -1.43. The van der Waals surface area contributed by atoms with Crippen LogP contribution < -0.4 is 10.9 Å². The van der Waals surface area contributed by atoms with Crippen molar-refractivity contribution in [3.63, 3.8) is 0 Å². The van der Waals surface area contributed by atoms with E-state index in [2.05, 4.69) is 15.3 Å². The second-order valence-corrected chi connectivity index (χ2v) is 9.43. The molecule has 0 spiro atoms. The average molecular weight is 519 g/mol. The van der Waals surface area contributed by atoms with E-state index < -0.39 is 40.6 Å². The van der Waals surface area contributed by atoms with Crippen LogP contribution in [-0.2, 0) is 12.1 Å². The van der Waals surface area contributed by atoms with Gasteiger partial charge in [-0.15, -0.1) is 0 Å². The number of nitrogens with one attached hydrogen (secondary N) is 1. The second kappa shape index (κ2) is 8.55. The van der Waals surface area contributed by atoms with Crippen molar-refractivity contribution in [2.45, 2.75) is 38.0 Å². The molecule has 1 saturated carbocycles. The van der Waals surface area contributed by atoms with Crippen LogP contribution in [-0.4, -0.2) is 26.6 Å². The number of benzene rings is 1. The average Bonchev–Trinajstić information content (AvgIpc) is 3.59. The number of fused-ring (bicyclic) bond motifs is 1. The minimum absolute atomic E-state index is 0.00416. The first-order valence-corrected chi connectivity index (χ1v) is 11.5. The summed E-state index contributed by atoms with van der Waals surface area (Å²) in [4.78, 5) is 34.3. The molecule has 2 aromatic heterocycles. The van der Waals surface area contributed by atoms with E-state index in [1.165, 1.54) is 34.9 Å². The molecule has 1 fully saturated rings. The third-order valence-electron chi connectivity index (χ3n) is 6.40. The first kappa shape index (κ1) is 24.2. The molecule has 1 atom stereocenters. The van der Waals surface area contributed by atoms with E-state index >= 15 is 0 Å². The minimum atomic E-state index is -4.46. The van der Waals surface area contributed by atoms with Gasteiger partial charge in [0, 0.05) is 28.8 Å². The predicted molar refractivity (Wildman–Crippen MR) is 124 cm³/mol. The van der Waals surface area contributed by atoms with Crippen LogP contribution in [0.25, 0.3) is 6.08 Å². The largest absolute Gasteiger partial charge is 0.413 e. The van der Waals surface area contributed by atoms with Gasteiger partial charge < -0.3 is 5.32 Å². The van der Waals surface area contributed by atoms with Crippen molar-refractivity contribution in [2.24, 2.45) is 5.92 Å². The van der Waals surface area contributed by atoms with Gasteiger partial charge in [-0.1, -0.05) is 23.7 Å². The first-order valence-electron chi connectivity index (χ1n) is 11.1. The monoisotopic (exact) mass is 518 g/mol. The molecule has 2 aliphatic rings. The molecule has 1 N–H and O–H groups in total. The third-order valence-corrected chi connectivity index (χ3v) is 6.69. The number of carbonyl (C=O) groups excluding carboxylic acids is 1. The van der Waals surface area contributed by atoms with Crippen LogP contribution in [0.5, 0.6) is 0 Å². The number of allylic oxidation sites excluding steroid dienone is 1. The van der Waals surface area contributed by atoms with E-state index in [9.17, 15) is 27.2 Å². The number of carbonyl (C=O) groups is 1. The Labute approximate surface area is 207 Å². The number of nitrogens with zero attached hydrogens (tertiary/aromatic N) is 3. The fourth-order valence-corrected chi connectivity index (χ4v) is 4.80. The summed E-state index contributed by atoms with van der Waals surface area (Å²) in [6, 6.07) is 8.22. The molecule has 1 aliphatic carbocycles. The Kier molecular flexibility index (Phi) is 5.74. The molecular weight excluding hydrogens is 500 g/mol. The summed E-state index contributed by atoms with van der Waals surface area (Å²) in [5.74, 6) is -1.67. The summed E-state index contributed by atoms with van der Waals surface area (Å²) in [6.45, 7) is 1.56. The van der Waals surface area contributed by atoms with Crippen LogP contribution >= 0.6 is 11.6 Å². The lowest BCUT2D eigenvalue weighted by molar-refractivity contribution is -0.0944. The second-order valence-electron chi connectivity index (χ2n) is 9.03. The number of pyridine rings is 1. The van der Waals surface area contributed by atoms with Crippen molar-refractivity contribution in [1.29, 1.82) is 0 Å². The Morgan fingerprint density at radius 1 is 1.22 bits per heavy atom. The summed E-state index contributed by atoms with van der Waals surface area (Å²) < 4.78 is 55.4. The van der Waals surface area contributed by atoms with E-state index in [-0.39, 0.29) is 28.4 Å². The summed E-state index contributed by atoms with van der Waals surface area (Å²) in [7, 11) is 0. The van der Waals surface area contributed by atoms with Crippen molar-refractivity contribution < 1.29 is 22.4 Å². The molecule has 11 heteroatoms. The molecule has 3 heterocycles. The topological polar surface area (TPSA) is 76.9 Å². The van der Waals surface area contributed by atoms with Crippen LogP contribution in [0.4, 0.5) is 17.6 Å². The zero-order valence-corrected chi connectivity index (χ0v) is 19.6. The van der Waals surface area contributed by atoms with Crippen molar-refractivity contribution in [3.05, 3.63) is 97.7 Å². The Hall–Kier alpha value is -3.53. The number of alkyl halides is 3. The van der Waals surface area contributed by atoms with Gasteiger partial charge in [0.05, 0.1) is 10.7 Å². The maximum absolute atomic E-state index is 14.0. The van der Waals surface area contributed by atoms with Crippen LogP contribution in [0.15, 0.2) is 53.1 Å². The third kappa shape index (κ3) is 4.30. The van der Waals surface area contributed by atoms with Gasteiger partial charge in [0.1, 0.15) is 23.5 Å². The van der Waals surface area contributed by atoms with Crippen LogP contribution in [0.3, 0.4) is 0 Å². The number of aromatic nitrogens is 3. The molecule has 6 nitrogen and oxygen atoms in total. The molecule has 1 amide bonds. The molecule has 3 aromatic rings. The van der Waals surface area contributed by atoms with E-state index in [1.807, 2.05) is 0 Å². The highest BCUT2D eigenvalue weighted by Gasteiger charge is 2.44. The van der Waals surface area contributed by atoms with Gasteiger partial charge in [-0.25, -0.2) is 14.4 Å². The first-order chi connectivity index (χ1) is 17.0. The molecule has 1 aromatic carbocycles. The van der Waals surface area contributed by atoms with Crippen LogP contribution in [0, 0.1) is 11.7 Å². The van der Waals surface area contributed by atoms with Crippen LogP contribution in [0.2, 0.25) is 5.02 Å². The fourth-order valence-electron chi connectivity index (χ4n) is 4.50. The summed E-state index contributed by atoms with van der Waals surface area (Å²) in [5.41, 5.74) is -1.81. The molecule has 1 unspecified atom stereocenters. The molecule has 1 aliphatic heterocycles. The smallest absolute Gasteiger partial charge is 0.324 e. The normalized spacial score (nSPS) is 19.8. The highest BCUT2D eigenvalue weighted by molar-refractivity contribution is 6.33. The molecule has 0 saturated heterocycles. The number of halogens is 5. The predicted octanol–water partition coefficient (Wildman–Crippen LogP) is 4.84. The lowest BCUT2D eigenvalue weighted by atomic mass is 10.0. The van der Waals surface area contributed by atoms with Gasteiger partial charge in [-0.2, -0.15) is 13.2 Å². The molecule has 0 bridgehead atoms. The van der Waals surface area contributed by atoms with Crippen molar-refractivity contribution in [1.82, 2.24) is 19.9 Å². The zero-order valence-electron chi connectivity index (χ0n) is 18.9. The van der Waals surface area contributed by atoms with Gasteiger partial charge in [0.25, 0.3) is 11.5 Å². The lowest BCUT2D eigenvalue weighted by Gasteiger charge is -2.28. The van der Waals surface area contributed by atoms with Crippen molar-refractivity contribution >= 4 is 23.6 Å². The van der Waals surface area contributed by atoms with Gasteiger partial charge in [-0.05, 0) is 56.0 Å². The Morgan fingerprint density at radius 2 is 1.97 bits per heavy atom. The molecule has 0 radical (unpaired) electrons. The summed E-state index contributed by atoms with van der Waals surface area (Å²) >= 11 is 6.38. The standard InChI is InChI=1S/C25H19ClF4N4O2/c1-24(15-3-2-4-16(27)9-15)33-22(35)21-20(26)8-14(23(36)34(21)24)7-17-10-18(32-12-31-17)11-19(13-5-6-13)25(28,29)30/h2-4,8-13H,5-7H2,1H3,(H,33,35)/b19-11-. The van der Waals surface area contributed by atoms with E-state index in [0.717, 1.165) is 12.4 Å². The van der Waals surface area contributed by atoms with Crippen LogP contribution in [0.1, 0.15) is 52.8 Å². The maximum Gasteiger partial charge on any atom is 0.413 e. The zero-order chi connectivity index (χ0) is 25.8. The highest BCUT2D eigenvalue weighted by atomic mass is 35.5. The van der Waals surface area contributed by atoms with Crippen molar-refractivity contribution in [2.75, 3.05) is 0 Å². The highest BCUT2D eigenvalue weighted by Crippen LogP contribution is 2.45. The number of hydrogen-bond donors (Lipinski definition) is 1. The molecule has 36 heavy (non-hydrogen) atoms. The Bertz CT molecular complexity index is 1480. The van der Waals surface area contributed by atoms with Gasteiger partial charge in [0.2, 0.25) is 0 Å². The van der Waals surface area contributed by atoms with E-state index in [4.69, 9.17) is 11.6 Å².